The number of aromatic nitrogens is 2. The van der Waals surface area contributed by atoms with Crippen LogP contribution in [0.1, 0.15) is 26.2 Å². The van der Waals surface area contributed by atoms with Crippen LogP contribution in [0.4, 0.5) is 43.9 Å². The molecule has 0 bridgehead atoms. The normalized spacial score (nSPS) is 14.0. The SMILES string of the molecule is CCS(=O)c1cc(OCCCCCSC(F)(F)F)ccc1-n1cc(OCC(F)(F)C(F)(F)C(F)(F)F)cn1. The largest absolute Gasteiger partial charge is 0.494 e. The number of unbranched alkanes of at least 4 members (excludes halogenated alkanes) is 2. The van der Waals surface area contributed by atoms with E-state index < -0.39 is 46.7 Å². The molecular formula is C21H22F10N2O3S2. The summed E-state index contributed by atoms with van der Waals surface area (Å²) < 4.78 is 150. The molecule has 2 rings (SSSR count). The molecule has 1 atom stereocenters. The molecule has 2 aromatic rings. The van der Waals surface area contributed by atoms with Gasteiger partial charge in [0.15, 0.2) is 12.4 Å². The Morgan fingerprint density at radius 2 is 1.63 bits per heavy atom. The standard InChI is InChI=1S/C21H22F10N2O3S2/c1-2-38(34)17-10-14(35-8-4-3-5-9-37-21(29,30)31)6-7-16(17)33-12-15(11-32-33)36-13-18(22,23)19(24,25)20(26,27)28/h6-7,10-12H,2-5,8-9,13H2,1H3. The van der Waals surface area contributed by atoms with Gasteiger partial charge in [0.1, 0.15) is 5.75 Å². The van der Waals surface area contributed by atoms with Gasteiger partial charge in [-0.25, -0.2) is 4.68 Å². The molecule has 216 valence electrons. The summed E-state index contributed by atoms with van der Waals surface area (Å²) in [6, 6.07) is 4.27. The maximum Gasteiger partial charge on any atom is 0.460 e. The zero-order valence-corrected chi connectivity index (χ0v) is 21.2. The minimum absolute atomic E-state index is 0.0736. The minimum atomic E-state index is -6.49. The molecule has 0 radical (unpaired) electrons. The monoisotopic (exact) mass is 604 g/mol. The number of benzene rings is 1. The number of nitrogens with zero attached hydrogens (tertiary/aromatic N) is 2. The maximum atomic E-state index is 13.5. The number of thioether (sulfide) groups is 1. The van der Waals surface area contributed by atoms with E-state index in [0.717, 1.165) is 17.1 Å². The highest BCUT2D eigenvalue weighted by Crippen LogP contribution is 2.46. The van der Waals surface area contributed by atoms with Crippen LogP contribution in [0.25, 0.3) is 5.69 Å². The van der Waals surface area contributed by atoms with E-state index in [1.807, 2.05) is 0 Å². The van der Waals surface area contributed by atoms with Gasteiger partial charge in [-0.3, -0.25) is 4.21 Å². The average Bonchev–Trinajstić information content (AvgIpc) is 3.29. The molecule has 0 saturated carbocycles. The van der Waals surface area contributed by atoms with Crippen molar-refractivity contribution >= 4 is 22.6 Å². The first-order valence-corrected chi connectivity index (χ1v) is 13.1. The van der Waals surface area contributed by atoms with Crippen molar-refractivity contribution < 1.29 is 57.6 Å². The van der Waals surface area contributed by atoms with E-state index in [9.17, 15) is 48.1 Å². The number of rotatable bonds is 14. The lowest BCUT2D eigenvalue weighted by atomic mass is 10.2. The number of hydrogen-bond acceptors (Lipinski definition) is 5. The topological polar surface area (TPSA) is 53.4 Å². The minimum Gasteiger partial charge on any atom is -0.494 e. The quantitative estimate of drug-likeness (QED) is 0.172. The molecular weight excluding hydrogens is 582 g/mol. The Morgan fingerprint density at radius 1 is 0.947 bits per heavy atom. The van der Waals surface area contributed by atoms with Gasteiger partial charge in [0, 0.05) is 11.5 Å². The van der Waals surface area contributed by atoms with Gasteiger partial charge in [-0.05, 0) is 37.5 Å². The fourth-order valence-electron chi connectivity index (χ4n) is 2.85. The summed E-state index contributed by atoms with van der Waals surface area (Å²) in [5.74, 6) is -12.1. The third-order valence-electron chi connectivity index (χ3n) is 4.80. The highest BCUT2D eigenvalue weighted by molar-refractivity contribution is 8.00. The van der Waals surface area contributed by atoms with Crippen LogP contribution in [0.15, 0.2) is 35.5 Å². The van der Waals surface area contributed by atoms with E-state index in [2.05, 4.69) is 9.84 Å². The summed E-state index contributed by atoms with van der Waals surface area (Å²) in [6.07, 6.45) is -3.46. The molecule has 0 spiro atoms. The molecule has 1 aromatic heterocycles. The molecule has 5 nitrogen and oxygen atoms in total. The number of halogens is 10. The first-order chi connectivity index (χ1) is 17.5. The van der Waals surface area contributed by atoms with Gasteiger partial charge in [-0.1, -0.05) is 18.7 Å². The molecule has 1 aromatic carbocycles. The third-order valence-corrected chi connectivity index (χ3v) is 6.97. The first kappa shape index (κ1) is 32.0. The van der Waals surface area contributed by atoms with Crippen molar-refractivity contribution in [2.24, 2.45) is 0 Å². The number of hydrogen-bond donors (Lipinski definition) is 0. The lowest BCUT2D eigenvalue weighted by Gasteiger charge is -2.27. The van der Waals surface area contributed by atoms with Gasteiger partial charge >= 0.3 is 23.5 Å². The Bertz CT molecular complexity index is 1070. The van der Waals surface area contributed by atoms with Crippen LogP contribution in [0, 0.1) is 0 Å². The van der Waals surface area contributed by atoms with Gasteiger partial charge in [-0.2, -0.15) is 49.0 Å². The van der Waals surface area contributed by atoms with Gasteiger partial charge in [0.05, 0.1) is 40.4 Å². The van der Waals surface area contributed by atoms with E-state index in [4.69, 9.17) is 4.74 Å². The summed E-state index contributed by atoms with van der Waals surface area (Å²) in [5.41, 5.74) is -4.11. The molecule has 38 heavy (non-hydrogen) atoms. The van der Waals surface area contributed by atoms with Crippen LogP contribution < -0.4 is 9.47 Å². The molecule has 0 saturated heterocycles. The van der Waals surface area contributed by atoms with Crippen molar-refractivity contribution in [3.05, 3.63) is 30.6 Å². The molecule has 0 aliphatic heterocycles. The van der Waals surface area contributed by atoms with Crippen LogP contribution in [-0.2, 0) is 10.8 Å². The fraction of sp³-hybridized carbons (Fsp3) is 0.571. The van der Waals surface area contributed by atoms with Crippen molar-refractivity contribution in [2.75, 3.05) is 24.7 Å². The Kier molecular flexibility index (Phi) is 10.8. The molecule has 1 heterocycles. The molecule has 0 N–H and O–H groups in total. The summed E-state index contributed by atoms with van der Waals surface area (Å²) in [4.78, 5) is 0.190. The molecule has 1 unspecified atom stereocenters. The van der Waals surface area contributed by atoms with Gasteiger partial charge in [0.2, 0.25) is 0 Å². The maximum absolute atomic E-state index is 13.5. The molecule has 0 fully saturated rings. The summed E-state index contributed by atoms with van der Waals surface area (Å²) in [5, 5.41) is 3.81. The lowest BCUT2D eigenvalue weighted by Crippen LogP contribution is -2.54. The second-order valence-corrected chi connectivity index (χ2v) is 10.5. The summed E-state index contributed by atoms with van der Waals surface area (Å²) in [6.45, 7) is -0.502. The van der Waals surface area contributed by atoms with Crippen LogP contribution in [0.2, 0.25) is 0 Å². The Hall–Kier alpha value is -2.17. The second-order valence-electron chi connectivity index (χ2n) is 7.65. The Balaban J connectivity index is 2.05. The summed E-state index contributed by atoms with van der Waals surface area (Å²) in [7, 11) is -1.60. The molecule has 17 heteroatoms. The van der Waals surface area contributed by atoms with Crippen LogP contribution in [-0.4, -0.2) is 62.2 Å². The predicted molar refractivity (Wildman–Crippen MR) is 120 cm³/mol. The Morgan fingerprint density at radius 3 is 2.24 bits per heavy atom. The van der Waals surface area contributed by atoms with Crippen molar-refractivity contribution in [3.8, 4) is 17.2 Å². The van der Waals surface area contributed by atoms with E-state index in [-0.39, 0.29) is 46.2 Å². The van der Waals surface area contributed by atoms with Crippen molar-refractivity contribution in [1.29, 1.82) is 0 Å². The van der Waals surface area contributed by atoms with Crippen molar-refractivity contribution in [3.63, 3.8) is 0 Å². The van der Waals surface area contributed by atoms with Gasteiger partial charge in [0.25, 0.3) is 0 Å². The zero-order valence-electron chi connectivity index (χ0n) is 19.6. The molecule has 0 aliphatic carbocycles. The van der Waals surface area contributed by atoms with E-state index in [1.165, 1.54) is 18.2 Å². The Labute approximate surface area is 217 Å². The smallest absolute Gasteiger partial charge is 0.460 e. The number of alkyl halides is 10. The van der Waals surface area contributed by atoms with Crippen LogP contribution in [0.3, 0.4) is 0 Å². The zero-order chi connectivity index (χ0) is 28.8. The fourth-order valence-corrected chi connectivity index (χ4v) is 4.39. The van der Waals surface area contributed by atoms with Crippen LogP contribution >= 0.6 is 11.8 Å². The lowest BCUT2D eigenvalue weighted by molar-refractivity contribution is -0.358. The van der Waals surface area contributed by atoms with E-state index >= 15 is 0 Å². The molecule has 0 aliphatic rings. The third kappa shape index (κ3) is 8.68. The van der Waals surface area contributed by atoms with Crippen molar-refractivity contribution in [2.45, 2.75) is 54.6 Å². The highest BCUT2D eigenvalue weighted by Gasteiger charge is 2.73. The van der Waals surface area contributed by atoms with Gasteiger partial charge in [-0.15, -0.1) is 0 Å². The number of ether oxygens (including phenoxy) is 2. The van der Waals surface area contributed by atoms with E-state index in [0.29, 0.717) is 19.3 Å². The van der Waals surface area contributed by atoms with Gasteiger partial charge < -0.3 is 9.47 Å². The second kappa shape index (κ2) is 12.8. The van der Waals surface area contributed by atoms with Crippen molar-refractivity contribution in [1.82, 2.24) is 9.78 Å². The molecule has 0 amide bonds. The average molecular weight is 605 g/mol. The summed E-state index contributed by atoms with van der Waals surface area (Å²) >= 11 is -0.104. The predicted octanol–water partition coefficient (Wildman–Crippen LogP) is 7.01. The highest BCUT2D eigenvalue weighted by atomic mass is 32.2. The first-order valence-electron chi connectivity index (χ1n) is 10.8. The van der Waals surface area contributed by atoms with E-state index in [1.54, 1.807) is 6.92 Å². The van der Waals surface area contributed by atoms with Crippen LogP contribution in [0.5, 0.6) is 11.5 Å².